The van der Waals surface area contributed by atoms with Gasteiger partial charge in [-0.05, 0) is 49.1 Å². The molecule has 0 saturated heterocycles. The summed E-state index contributed by atoms with van der Waals surface area (Å²) in [5, 5.41) is 2.87. The van der Waals surface area contributed by atoms with Crippen molar-refractivity contribution < 1.29 is 9.21 Å². The smallest absolute Gasteiger partial charge is 0.286 e. The fraction of sp³-hybridized carbons (Fsp3) is 0.333. The van der Waals surface area contributed by atoms with E-state index in [2.05, 4.69) is 35.1 Å². The molecule has 1 N–H and O–H groups in total. The molecule has 2 aromatic heterocycles. The Bertz CT molecular complexity index is 845. The molecule has 0 atom stereocenters. The van der Waals surface area contributed by atoms with Gasteiger partial charge in [-0.25, -0.2) is 4.98 Å². The second-order valence-corrected chi connectivity index (χ2v) is 6.11. The zero-order valence-electron chi connectivity index (χ0n) is 13.1. The number of carbonyl (C=O) groups is 1. The number of aromatic nitrogens is 2. The molecule has 5 heteroatoms. The number of amides is 1. The van der Waals surface area contributed by atoms with Crippen molar-refractivity contribution in [3.05, 3.63) is 53.7 Å². The zero-order chi connectivity index (χ0) is 15.8. The first-order chi connectivity index (χ1) is 11.2. The van der Waals surface area contributed by atoms with E-state index in [0.29, 0.717) is 18.2 Å². The molecule has 2 heterocycles. The van der Waals surface area contributed by atoms with E-state index in [9.17, 15) is 4.79 Å². The molecule has 0 aliphatic heterocycles. The predicted octanol–water partition coefficient (Wildman–Crippen LogP) is 3.02. The minimum Gasteiger partial charge on any atom is -0.459 e. The van der Waals surface area contributed by atoms with Gasteiger partial charge < -0.3 is 14.3 Å². The molecule has 1 fully saturated rings. The lowest BCUT2D eigenvalue weighted by Crippen LogP contribution is -2.25. The maximum absolute atomic E-state index is 11.8. The van der Waals surface area contributed by atoms with E-state index in [4.69, 9.17) is 9.40 Å². The second kappa shape index (κ2) is 5.57. The molecule has 1 aliphatic rings. The third-order valence-electron chi connectivity index (χ3n) is 4.37. The third kappa shape index (κ3) is 2.74. The number of rotatable bonds is 5. The van der Waals surface area contributed by atoms with Gasteiger partial charge in [-0.2, -0.15) is 0 Å². The van der Waals surface area contributed by atoms with Crippen LogP contribution >= 0.6 is 0 Å². The molecule has 0 spiro atoms. The molecule has 23 heavy (non-hydrogen) atoms. The predicted molar refractivity (Wildman–Crippen MR) is 87.4 cm³/mol. The van der Waals surface area contributed by atoms with Crippen molar-refractivity contribution in [1.29, 1.82) is 0 Å². The summed E-state index contributed by atoms with van der Waals surface area (Å²) in [6, 6.07) is 9.73. The summed E-state index contributed by atoms with van der Waals surface area (Å²) in [6.45, 7) is 0.577. The zero-order valence-corrected chi connectivity index (χ0v) is 13.1. The standard InChI is InChI=1S/C18H19N3O2/c1-21-15-7-4-12(11-14(15)20-17(21)13-5-6-13)8-9-19-18(22)16-3-2-10-23-16/h2-4,7,10-11,13H,5-6,8-9H2,1H3,(H,19,22). The summed E-state index contributed by atoms with van der Waals surface area (Å²) in [5.41, 5.74) is 3.40. The Morgan fingerprint density at radius 1 is 1.39 bits per heavy atom. The highest BCUT2D eigenvalue weighted by Gasteiger charge is 2.28. The van der Waals surface area contributed by atoms with E-state index in [1.165, 1.54) is 36.0 Å². The summed E-state index contributed by atoms with van der Waals surface area (Å²) < 4.78 is 7.28. The van der Waals surface area contributed by atoms with Crippen LogP contribution < -0.4 is 5.32 Å². The fourth-order valence-corrected chi connectivity index (χ4v) is 2.94. The lowest BCUT2D eigenvalue weighted by molar-refractivity contribution is 0.0926. The van der Waals surface area contributed by atoms with Gasteiger partial charge in [-0.15, -0.1) is 0 Å². The van der Waals surface area contributed by atoms with Crippen molar-refractivity contribution in [2.75, 3.05) is 6.54 Å². The molecule has 3 aromatic rings. The third-order valence-corrected chi connectivity index (χ3v) is 4.37. The molecule has 0 unspecified atom stereocenters. The van der Waals surface area contributed by atoms with Crippen LogP contribution in [0.15, 0.2) is 41.0 Å². The number of hydrogen-bond donors (Lipinski definition) is 1. The minimum atomic E-state index is -0.176. The van der Waals surface area contributed by atoms with E-state index in [1.807, 2.05) is 0 Å². The summed E-state index contributed by atoms with van der Waals surface area (Å²) in [7, 11) is 2.09. The highest BCUT2D eigenvalue weighted by atomic mass is 16.3. The molecule has 0 bridgehead atoms. The van der Waals surface area contributed by atoms with E-state index >= 15 is 0 Å². The van der Waals surface area contributed by atoms with Gasteiger partial charge in [-0.3, -0.25) is 4.79 Å². The van der Waals surface area contributed by atoms with E-state index < -0.39 is 0 Å². The average molecular weight is 309 g/mol. The van der Waals surface area contributed by atoms with Gasteiger partial charge in [0.25, 0.3) is 5.91 Å². The molecule has 1 saturated carbocycles. The van der Waals surface area contributed by atoms with Crippen molar-refractivity contribution in [3.63, 3.8) is 0 Å². The van der Waals surface area contributed by atoms with Crippen LogP contribution in [0, 0.1) is 0 Å². The monoisotopic (exact) mass is 309 g/mol. The van der Waals surface area contributed by atoms with Crippen LogP contribution in [-0.2, 0) is 13.5 Å². The van der Waals surface area contributed by atoms with Crippen LogP contribution in [0.4, 0.5) is 0 Å². The highest BCUT2D eigenvalue weighted by molar-refractivity contribution is 5.91. The Hall–Kier alpha value is -2.56. The van der Waals surface area contributed by atoms with Crippen LogP contribution in [0.1, 0.15) is 40.7 Å². The van der Waals surface area contributed by atoms with Crippen LogP contribution in [0.5, 0.6) is 0 Å². The number of nitrogens with zero attached hydrogens (tertiary/aromatic N) is 2. The Kier molecular flexibility index (Phi) is 3.41. The SMILES string of the molecule is Cn1c(C2CC2)nc2cc(CCNC(=O)c3ccco3)ccc21. The summed E-state index contributed by atoms with van der Waals surface area (Å²) >= 11 is 0. The quantitative estimate of drug-likeness (QED) is 0.788. The Morgan fingerprint density at radius 3 is 3.00 bits per heavy atom. The number of nitrogens with one attached hydrogen (secondary N) is 1. The van der Waals surface area contributed by atoms with Crippen molar-refractivity contribution in [3.8, 4) is 0 Å². The summed E-state index contributed by atoms with van der Waals surface area (Å²) in [4.78, 5) is 16.6. The van der Waals surface area contributed by atoms with E-state index in [-0.39, 0.29) is 5.91 Å². The number of aryl methyl sites for hydroxylation is 1. The first kappa shape index (κ1) is 14.1. The normalized spacial score (nSPS) is 14.3. The van der Waals surface area contributed by atoms with Gasteiger partial charge in [0.05, 0.1) is 17.3 Å². The van der Waals surface area contributed by atoms with E-state index in [1.54, 1.807) is 12.1 Å². The minimum absolute atomic E-state index is 0.176. The average Bonchev–Trinajstić information content (AvgIpc) is 3.13. The van der Waals surface area contributed by atoms with Gasteiger partial charge in [0.2, 0.25) is 0 Å². The van der Waals surface area contributed by atoms with Crippen molar-refractivity contribution in [2.24, 2.45) is 7.05 Å². The van der Waals surface area contributed by atoms with Crippen LogP contribution in [0.2, 0.25) is 0 Å². The van der Waals surface area contributed by atoms with Gasteiger partial charge >= 0.3 is 0 Å². The Balaban J connectivity index is 1.44. The van der Waals surface area contributed by atoms with Crippen LogP contribution in [-0.4, -0.2) is 22.0 Å². The second-order valence-electron chi connectivity index (χ2n) is 6.11. The lowest BCUT2D eigenvalue weighted by Gasteiger charge is -2.04. The summed E-state index contributed by atoms with van der Waals surface area (Å²) in [6.07, 6.45) is 4.78. The molecular formula is C18H19N3O2. The maximum atomic E-state index is 11.8. The Labute approximate surface area is 134 Å². The first-order valence-corrected chi connectivity index (χ1v) is 7.99. The number of hydrogen-bond acceptors (Lipinski definition) is 3. The molecule has 5 nitrogen and oxygen atoms in total. The van der Waals surface area contributed by atoms with Gasteiger partial charge in [0.15, 0.2) is 5.76 Å². The van der Waals surface area contributed by atoms with Gasteiger partial charge in [0, 0.05) is 19.5 Å². The lowest BCUT2D eigenvalue weighted by atomic mass is 10.1. The molecule has 1 amide bonds. The number of fused-ring (bicyclic) bond motifs is 1. The maximum Gasteiger partial charge on any atom is 0.286 e. The number of benzene rings is 1. The molecule has 4 rings (SSSR count). The summed E-state index contributed by atoms with van der Waals surface area (Å²) in [5.74, 6) is 2.01. The van der Waals surface area contributed by atoms with Crippen molar-refractivity contribution in [2.45, 2.75) is 25.2 Å². The molecule has 0 radical (unpaired) electrons. The number of imidazole rings is 1. The van der Waals surface area contributed by atoms with Crippen LogP contribution in [0.25, 0.3) is 11.0 Å². The van der Waals surface area contributed by atoms with E-state index in [0.717, 1.165) is 11.9 Å². The van der Waals surface area contributed by atoms with Gasteiger partial charge in [0.1, 0.15) is 5.82 Å². The van der Waals surface area contributed by atoms with Gasteiger partial charge in [-0.1, -0.05) is 6.07 Å². The topological polar surface area (TPSA) is 60.1 Å². The number of carbonyl (C=O) groups excluding carboxylic acids is 1. The number of furan rings is 1. The molecule has 1 aromatic carbocycles. The first-order valence-electron chi connectivity index (χ1n) is 7.99. The highest BCUT2D eigenvalue weighted by Crippen LogP contribution is 2.40. The molecule has 1 aliphatic carbocycles. The molecule has 118 valence electrons. The van der Waals surface area contributed by atoms with Crippen LogP contribution in [0.3, 0.4) is 0 Å². The molecular weight excluding hydrogens is 290 g/mol. The largest absolute Gasteiger partial charge is 0.459 e. The van der Waals surface area contributed by atoms with Crippen molar-refractivity contribution >= 4 is 16.9 Å². The van der Waals surface area contributed by atoms with Crippen molar-refractivity contribution in [1.82, 2.24) is 14.9 Å². The Morgan fingerprint density at radius 2 is 2.26 bits per heavy atom. The fourth-order valence-electron chi connectivity index (χ4n) is 2.94.